The first kappa shape index (κ1) is 35.7. The van der Waals surface area contributed by atoms with Crippen LogP contribution >= 0.6 is 0 Å². The van der Waals surface area contributed by atoms with Crippen LogP contribution in [0.5, 0.6) is 0 Å². The molecule has 4 amide bonds. The van der Waals surface area contributed by atoms with E-state index in [0.717, 1.165) is 77.4 Å². The van der Waals surface area contributed by atoms with Crippen molar-refractivity contribution in [1.82, 2.24) is 40.0 Å². The molecule has 2 aliphatic heterocycles. The Bertz CT molecular complexity index is 1960. The lowest BCUT2D eigenvalue weighted by Gasteiger charge is -2.32. The van der Waals surface area contributed by atoms with Crippen molar-refractivity contribution in [2.45, 2.75) is 76.0 Å². The van der Waals surface area contributed by atoms with Crippen LogP contribution in [0.4, 0.5) is 9.59 Å². The number of hydrogen-bond donors (Lipinski definition) is 4. The summed E-state index contributed by atoms with van der Waals surface area (Å²) in [4.78, 5) is 71.2. The number of carboxylic acid groups (broad SMARTS) is 1. The van der Waals surface area contributed by atoms with Gasteiger partial charge in [-0.3, -0.25) is 9.59 Å². The second kappa shape index (κ2) is 15.1. The van der Waals surface area contributed by atoms with Crippen LogP contribution in [0.15, 0.2) is 60.9 Å². The Hall–Kier alpha value is -5.66. The molecule has 3 fully saturated rings. The van der Waals surface area contributed by atoms with Gasteiger partial charge in [-0.25, -0.2) is 19.6 Å². The van der Waals surface area contributed by atoms with E-state index in [-0.39, 0.29) is 35.9 Å². The summed E-state index contributed by atoms with van der Waals surface area (Å²) in [6.45, 7) is 2.89. The summed E-state index contributed by atoms with van der Waals surface area (Å²) < 4.78 is 4.64. The van der Waals surface area contributed by atoms with Crippen molar-refractivity contribution in [1.29, 1.82) is 0 Å². The number of methoxy groups -OCH3 is 1. The quantitative estimate of drug-likeness (QED) is 0.163. The molecule has 2 aromatic heterocycles. The van der Waals surface area contributed by atoms with E-state index < -0.39 is 18.2 Å². The lowest BCUT2D eigenvalue weighted by atomic mass is 10.00. The van der Waals surface area contributed by atoms with E-state index in [9.17, 15) is 24.3 Å². The molecule has 14 nitrogen and oxygen atoms in total. The second-order valence-corrected chi connectivity index (χ2v) is 14.3. The molecule has 4 N–H and O–H groups in total. The first-order valence-corrected chi connectivity index (χ1v) is 18.3. The van der Waals surface area contributed by atoms with Gasteiger partial charge < -0.3 is 39.8 Å². The summed E-state index contributed by atoms with van der Waals surface area (Å²) in [6.07, 6.45) is 7.55. The van der Waals surface area contributed by atoms with Gasteiger partial charge in [-0.1, -0.05) is 55.0 Å². The molecule has 4 heterocycles. The number of nitrogens with one attached hydrogen (secondary N) is 3. The summed E-state index contributed by atoms with van der Waals surface area (Å²) in [7, 11) is 2.83. The molecule has 0 spiro atoms. The molecule has 7 rings (SSSR count). The van der Waals surface area contributed by atoms with Crippen LogP contribution in [0.2, 0.25) is 0 Å². The van der Waals surface area contributed by atoms with Crippen LogP contribution in [-0.4, -0.2) is 103 Å². The van der Waals surface area contributed by atoms with Crippen LogP contribution < -0.4 is 5.32 Å². The van der Waals surface area contributed by atoms with Gasteiger partial charge >= 0.3 is 12.2 Å². The van der Waals surface area contributed by atoms with E-state index in [1.54, 1.807) is 25.1 Å². The lowest BCUT2D eigenvalue weighted by molar-refractivity contribution is -0.138. The van der Waals surface area contributed by atoms with Gasteiger partial charge in [0.2, 0.25) is 11.8 Å². The summed E-state index contributed by atoms with van der Waals surface area (Å²) in [5, 5.41) is 12.1. The number of H-pyrrole nitrogens is 2. The Morgan fingerprint density at radius 2 is 1.30 bits per heavy atom. The molecule has 14 heteroatoms. The van der Waals surface area contributed by atoms with Crippen LogP contribution in [0.3, 0.4) is 0 Å². The molecule has 0 bridgehead atoms. The molecule has 5 atom stereocenters. The fourth-order valence-electron chi connectivity index (χ4n) is 8.21. The third-order valence-electron chi connectivity index (χ3n) is 11.1. The Morgan fingerprint density at radius 3 is 1.83 bits per heavy atom. The maximum absolute atomic E-state index is 13.7. The highest BCUT2D eigenvalue weighted by Crippen LogP contribution is 2.38. The van der Waals surface area contributed by atoms with Crippen LogP contribution in [0.1, 0.15) is 75.6 Å². The van der Waals surface area contributed by atoms with Gasteiger partial charge in [0.25, 0.3) is 0 Å². The zero-order valence-corrected chi connectivity index (χ0v) is 30.2. The highest BCUT2D eigenvalue weighted by Gasteiger charge is 2.43. The average molecular weight is 723 g/mol. The predicted molar refractivity (Wildman–Crippen MR) is 196 cm³/mol. The summed E-state index contributed by atoms with van der Waals surface area (Å²) in [5.41, 5.74) is 5.81. The van der Waals surface area contributed by atoms with Gasteiger partial charge in [0.05, 0.1) is 48.9 Å². The van der Waals surface area contributed by atoms with Crippen molar-refractivity contribution < 1.29 is 29.0 Å². The lowest BCUT2D eigenvalue weighted by Crippen LogP contribution is -2.46. The number of rotatable bonds is 9. The number of imidazole rings is 2. The number of aromatic nitrogens is 4. The van der Waals surface area contributed by atoms with E-state index in [4.69, 9.17) is 4.98 Å². The third kappa shape index (κ3) is 7.22. The Balaban J connectivity index is 0.991. The average Bonchev–Trinajstić information content (AvgIpc) is 4.03. The molecule has 4 aromatic rings. The van der Waals surface area contributed by atoms with Gasteiger partial charge in [-0.05, 0) is 67.7 Å². The molecular formula is C39H46N8O6. The highest BCUT2D eigenvalue weighted by molar-refractivity contribution is 5.86. The molecule has 2 aromatic carbocycles. The van der Waals surface area contributed by atoms with E-state index in [1.165, 1.54) is 12.0 Å². The second-order valence-electron chi connectivity index (χ2n) is 14.3. The summed E-state index contributed by atoms with van der Waals surface area (Å²) >= 11 is 0. The van der Waals surface area contributed by atoms with E-state index >= 15 is 0 Å². The highest BCUT2D eigenvalue weighted by atomic mass is 16.5. The van der Waals surface area contributed by atoms with Crippen LogP contribution in [0.25, 0.3) is 33.6 Å². The number of hydrogen-bond acceptors (Lipinski definition) is 7. The number of ether oxygens (including phenoxy) is 1. The van der Waals surface area contributed by atoms with Gasteiger partial charge in [-0.2, -0.15) is 0 Å². The Kier molecular flexibility index (Phi) is 10.2. The molecule has 1 aliphatic carbocycles. The third-order valence-corrected chi connectivity index (χ3v) is 11.1. The zero-order valence-electron chi connectivity index (χ0n) is 30.2. The van der Waals surface area contributed by atoms with E-state index in [0.29, 0.717) is 25.9 Å². The molecule has 2 saturated heterocycles. The number of benzene rings is 2. The number of carbonyl (C=O) groups excluding carboxylic acids is 3. The molecule has 53 heavy (non-hydrogen) atoms. The minimum absolute atomic E-state index is 0.0258. The standard InChI is InChI=1S/C39H46N8O6/c1-23(42-38(50)53-3)36(48)46-19-5-9-32(46)34-40-21-29(43-34)26-15-11-24(12-16-26)25-13-17-27(18-14-25)30-22-41-35(44-30)33-10-6-20-47(33)37(49)28-7-4-8-31(28)45(2)39(51)52/h11-18,21-23,28,31-33H,4-10,19-20H2,1-3H3,(H,40,43)(H,41,44)(H,42,50)(H,51,52)/t23-,28-,31-,32-,33-/m0/s1. The van der Waals surface area contributed by atoms with Crippen molar-refractivity contribution in [2.75, 3.05) is 27.2 Å². The number of alkyl carbamates (subject to hydrolysis) is 1. The minimum Gasteiger partial charge on any atom is -0.465 e. The molecular weight excluding hydrogens is 676 g/mol. The number of likely N-dealkylation sites (tertiary alicyclic amines) is 2. The van der Waals surface area contributed by atoms with Crippen molar-refractivity contribution in [3.05, 3.63) is 72.6 Å². The molecule has 278 valence electrons. The van der Waals surface area contributed by atoms with Crippen molar-refractivity contribution in [3.8, 4) is 33.6 Å². The molecule has 3 aliphatic rings. The van der Waals surface area contributed by atoms with Crippen LogP contribution in [-0.2, 0) is 14.3 Å². The normalized spacial score (nSPS) is 21.8. The van der Waals surface area contributed by atoms with Crippen LogP contribution in [0, 0.1) is 5.92 Å². The number of aromatic amines is 2. The molecule has 0 radical (unpaired) electrons. The smallest absolute Gasteiger partial charge is 0.407 e. The Morgan fingerprint density at radius 1 is 0.792 bits per heavy atom. The molecule has 1 saturated carbocycles. The van der Waals surface area contributed by atoms with Crippen molar-refractivity contribution >= 4 is 24.0 Å². The van der Waals surface area contributed by atoms with Crippen molar-refractivity contribution in [3.63, 3.8) is 0 Å². The van der Waals surface area contributed by atoms with Gasteiger partial charge in [0, 0.05) is 26.2 Å². The Labute approximate surface area is 307 Å². The number of carbonyl (C=O) groups is 4. The SMILES string of the molecule is COC(=O)N[C@@H](C)C(=O)N1CCC[C@H]1c1ncc(-c2ccc(-c3ccc(-c4cnc([C@@H]5CCCN5C(=O)[C@H]5CCC[C@@H]5N(C)C(=O)O)[nH]4)cc3)cc2)[nH]1. The van der Waals surface area contributed by atoms with Gasteiger partial charge in [0.15, 0.2) is 0 Å². The zero-order chi connectivity index (χ0) is 37.2. The topological polar surface area (TPSA) is 177 Å². The fraction of sp³-hybridized carbons (Fsp3) is 0.436. The fourth-order valence-corrected chi connectivity index (χ4v) is 8.21. The predicted octanol–water partition coefficient (Wildman–Crippen LogP) is 5.98. The maximum atomic E-state index is 13.7. The monoisotopic (exact) mass is 722 g/mol. The van der Waals surface area contributed by atoms with Gasteiger partial charge in [-0.15, -0.1) is 0 Å². The van der Waals surface area contributed by atoms with Gasteiger partial charge in [0.1, 0.15) is 17.7 Å². The first-order valence-electron chi connectivity index (χ1n) is 18.3. The first-order chi connectivity index (χ1) is 25.6. The summed E-state index contributed by atoms with van der Waals surface area (Å²) in [5.74, 6) is 1.01. The molecule has 0 unspecified atom stereocenters. The van der Waals surface area contributed by atoms with E-state index in [1.807, 2.05) is 23.2 Å². The number of nitrogens with zero attached hydrogens (tertiary/aromatic N) is 5. The minimum atomic E-state index is -0.999. The summed E-state index contributed by atoms with van der Waals surface area (Å²) in [6, 6.07) is 15.1. The number of amides is 4. The maximum Gasteiger partial charge on any atom is 0.407 e. The van der Waals surface area contributed by atoms with Crippen molar-refractivity contribution in [2.24, 2.45) is 5.92 Å². The van der Waals surface area contributed by atoms with E-state index in [2.05, 4.69) is 61.4 Å². The largest absolute Gasteiger partial charge is 0.465 e.